The summed E-state index contributed by atoms with van der Waals surface area (Å²) >= 11 is 0. The van der Waals surface area contributed by atoms with Crippen LogP contribution in [0, 0.1) is 17.2 Å². The highest BCUT2D eigenvalue weighted by atomic mass is 16.4. The molecule has 2 atom stereocenters. The Morgan fingerprint density at radius 2 is 2.06 bits per heavy atom. The topological polar surface area (TPSA) is 147 Å². The Kier molecular flexibility index (Phi) is 5.40. The Balaban J connectivity index is 1.35. The number of aliphatic carboxylic acids is 1. The van der Waals surface area contributed by atoms with E-state index in [1.807, 2.05) is 30.5 Å². The number of fused-ring (bicyclic) bond motifs is 1. The minimum absolute atomic E-state index is 0.0289. The first-order chi connectivity index (χ1) is 16.1. The second-order valence-corrected chi connectivity index (χ2v) is 8.04. The summed E-state index contributed by atoms with van der Waals surface area (Å²) < 4.78 is 3.41. The number of benzene rings is 1. The molecule has 3 aromatic heterocycles. The van der Waals surface area contributed by atoms with Gasteiger partial charge in [-0.25, -0.2) is 4.98 Å². The van der Waals surface area contributed by atoms with E-state index in [0.29, 0.717) is 42.9 Å². The van der Waals surface area contributed by atoms with Crippen LogP contribution in [-0.4, -0.2) is 51.9 Å². The first kappa shape index (κ1) is 20.6. The normalized spacial score (nSPS) is 17.8. The number of aryl methyl sites for hydroxylation is 1. The molecule has 166 valence electrons. The van der Waals surface area contributed by atoms with Gasteiger partial charge in [0, 0.05) is 17.8 Å². The van der Waals surface area contributed by atoms with Crippen molar-refractivity contribution >= 4 is 23.1 Å². The summed E-state index contributed by atoms with van der Waals surface area (Å²) in [5.41, 5.74) is 3.90. The Morgan fingerprint density at radius 3 is 2.82 bits per heavy atom. The van der Waals surface area contributed by atoms with E-state index in [4.69, 9.17) is 5.26 Å². The van der Waals surface area contributed by atoms with E-state index in [9.17, 15) is 9.90 Å². The highest BCUT2D eigenvalue weighted by Gasteiger charge is 2.30. The van der Waals surface area contributed by atoms with Gasteiger partial charge in [0.15, 0.2) is 11.2 Å². The van der Waals surface area contributed by atoms with Gasteiger partial charge in [-0.15, -0.1) is 5.10 Å². The van der Waals surface area contributed by atoms with Crippen molar-refractivity contribution in [3.8, 4) is 22.9 Å². The highest BCUT2D eigenvalue weighted by Crippen LogP contribution is 2.28. The third-order valence-electron chi connectivity index (χ3n) is 5.84. The van der Waals surface area contributed by atoms with Crippen molar-refractivity contribution in [3.63, 3.8) is 0 Å². The van der Waals surface area contributed by atoms with Gasteiger partial charge in [-0.05, 0) is 37.0 Å². The molecule has 0 saturated heterocycles. The van der Waals surface area contributed by atoms with E-state index in [0.717, 1.165) is 23.2 Å². The van der Waals surface area contributed by atoms with Crippen molar-refractivity contribution in [2.24, 2.45) is 5.92 Å². The third-order valence-corrected chi connectivity index (χ3v) is 5.84. The van der Waals surface area contributed by atoms with E-state index in [-0.39, 0.29) is 12.0 Å². The molecule has 0 radical (unpaired) electrons. The second-order valence-electron chi connectivity index (χ2n) is 8.04. The quantitative estimate of drug-likeness (QED) is 0.440. The molecule has 2 N–H and O–H groups in total. The van der Waals surface area contributed by atoms with Crippen LogP contribution in [0.3, 0.4) is 0 Å². The maximum Gasteiger partial charge on any atom is 0.306 e. The van der Waals surface area contributed by atoms with Gasteiger partial charge in [-0.1, -0.05) is 17.3 Å². The lowest BCUT2D eigenvalue weighted by Crippen LogP contribution is -2.19. The van der Waals surface area contributed by atoms with Gasteiger partial charge in [-0.2, -0.15) is 20.0 Å². The summed E-state index contributed by atoms with van der Waals surface area (Å²) in [4.78, 5) is 20.1. The smallest absolute Gasteiger partial charge is 0.306 e. The summed E-state index contributed by atoms with van der Waals surface area (Å²) in [7, 11) is 0. The van der Waals surface area contributed by atoms with Gasteiger partial charge in [-0.3, -0.25) is 9.48 Å². The Labute approximate surface area is 188 Å². The number of aromatic nitrogens is 7. The molecule has 0 amide bonds. The van der Waals surface area contributed by atoms with Gasteiger partial charge in [0.25, 0.3) is 0 Å². The van der Waals surface area contributed by atoms with Crippen LogP contribution in [-0.2, 0) is 11.3 Å². The number of carboxylic acids is 1. The predicted molar refractivity (Wildman–Crippen MR) is 118 cm³/mol. The lowest BCUT2D eigenvalue weighted by Gasteiger charge is -2.12. The zero-order valence-electron chi connectivity index (χ0n) is 17.7. The van der Waals surface area contributed by atoms with E-state index in [2.05, 4.69) is 36.8 Å². The highest BCUT2D eigenvalue weighted by molar-refractivity contribution is 5.73. The SMILES string of the molecule is N#CCCn1cc(-c2ccc(-n3nnc4cnc(N[C@@H]5CC[C@@H](C(=O)O)C5)nc43)cc2)cn1. The average molecular weight is 443 g/mol. The predicted octanol–water partition coefficient (Wildman–Crippen LogP) is 2.65. The van der Waals surface area contributed by atoms with E-state index in [1.165, 1.54) is 0 Å². The van der Waals surface area contributed by atoms with Gasteiger partial charge in [0.1, 0.15) is 0 Å². The molecular formula is C22H21N9O2. The third kappa shape index (κ3) is 4.23. The largest absolute Gasteiger partial charge is 0.481 e. The maximum absolute atomic E-state index is 11.2. The molecule has 1 fully saturated rings. The number of hydrogen-bond donors (Lipinski definition) is 2. The van der Waals surface area contributed by atoms with Crippen LogP contribution < -0.4 is 5.32 Å². The molecule has 0 unspecified atom stereocenters. The number of nitriles is 1. The van der Waals surface area contributed by atoms with Crippen LogP contribution in [0.25, 0.3) is 28.0 Å². The van der Waals surface area contributed by atoms with Crippen molar-refractivity contribution in [3.05, 3.63) is 42.9 Å². The van der Waals surface area contributed by atoms with Crippen LogP contribution in [0.1, 0.15) is 25.7 Å². The zero-order chi connectivity index (χ0) is 22.8. The van der Waals surface area contributed by atoms with E-state index < -0.39 is 5.97 Å². The average Bonchev–Trinajstić information content (AvgIpc) is 3.57. The van der Waals surface area contributed by atoms with Crippen molar-refractivity contribution in [1.82, 2.24) is 34.7 Å². The summed E-state index contributed by atoms with van der Waals surface area (Å²) in [6.45, 7) is 0.563. The number of carbonyl (C=O) groups is 1. The van der Waals surface area contributed by atoms with Crippen molar-refractivity contribution in [2.75, 3.05) is 5.32 Å². The number of rotatable bonds is 7. The fourth-order valence-electron chi connectivity index (χ4n) is 4.09. The Morgan fingerprint density at radius 1 is 1.21 bits per heavy atom. The van der Waals surface area contributed by atoms with Gasteiger partial charge in [0.2, 0.25) is 5.95 Å². The van der Waals surface area contributed by atoms with Crippen molar-refractivity contribution in [2.45, 2.75) is 38.3 Å². The molecule has 0 aliphatic heterocycles. The molecule has 33 heavy (non-hydrogen) atoms. The number of carboxylic acid groups (broad SMARTS) is 1. The lowest BCUT2D eigenvalue weighted by molar-refractivity contribution is -0.141. The molecule has 1 saturated carbocycles. The van der Waals surface area contributed by atoms with E-state index in [1.54, 1.807) is 21.8 Å². The molecule has 3 heterocycles. The molecule has 11 nitrogen and oxygen atoms in total. The first-order valence-corrected chi connectivity index (χ1v) is 10.7. The molecule has 0 bridgehead atoms. The van der Waals surface area contributed by atoms with Gasteiger partial charge >= 0.3 is 5.97 Å². The number of nitrogens with one attached hydrogen (secondary N) is 1. The van der Waals surface area contributed by atoms with Gasteiger partial charge < -0.3 is 10.4 Å². The van der Waals surface area contributed by atoms with Crippen LogP contribution in [0.15, 0.2) is 42.9 Å². The van der Waals surface area contributed by atoms with Crippen molar-refractivity contribution < 1.29 is 9.90 Å². The summed E-state index contributed by atoms with van der Waals surface area (Å²) in [6, 6.07) is 9.95. The monoisotopic (exact) mass is 443 g/mol. The minimum atomic E-state index is -0.754. The zero-order valence-corrected chi connectivity index (χ0v) is 17.7. The molecule has 0 spiro atoms. The van der Waals surface area contributed by atoms with Crippen molar-refractivity contribution in [1.29, 1.82) is 5.26 Å². The molecule has 4 aromatic rings. The summed E-state index contributed by atoms with van der Waals surface area (Å²) in [5, 5.41) is 33.9. The first-order valence-electron chi connectivity index (χ1n) is 10.7. The lowest BCUT2D eigenvalue weighted by atomic mass is 10.1. The van der Waals surface area contributed by atoms with E-state index >= 15 is 0 Å². The second kappa shape index (κ2) is 8.66. The Hall–Kier alpha value is -4.33. The van der Waals surface area contributed by atoms with Gasteiger partial charge in [0.05, 0.1) is 43.0 Å². The maximum atomic E-state index is 11.2. The number of nitrogens with zero attached hydrogens (tertiary/aromatic N) is 8. The number of hydrogen-bond acceptors (Lipinski definition) is 8. The Bertz CT molecular complexity index is 1340. The van der Waals surface area contributed by atoms with Crippen LogP contribution >= 0.6 is 0 Å². The summed E-state index contributed by atoms with van der Waals surface area (Å²) in [6.07, 6.45) is 7.70. The summed E-state index contributed by atoms with van der Waals surface area (Å²) in [5.74, 6) is -0.644. The molecular weight excluding hydrogens is 422 g/mol. The standard InChI is InChI=1S/C22H21N9O2/c23-8-1-9-30-13-16(11-25-30)14-3-6-18(7-4-14)31-20-19(28-29-31)12-24-22(27-20)26-17-5-2-15(10-17)21(32)33/h3-4,6-7,11-13,15,17H,1-2,5,9-10H2,(H,32,33)(H,24,26,27)/t15-,17-/m1/s1. The molecule has 5 rings (SSSR count). The van der Waals surface area contributed by atoms with Crippen LogP contribution in [0.2, 0.25) is 0 Å². The fourth-order valence-corrected chi connectivity index (χ4v) is 4.09. The molecule has 1 aliphatic rings. The van der Waals surface area contributed by atoms with Crippen LogP contribution in [0.5, 0.6) is 0 Å². The van der Waals surface area contributed by atoms with Crippen LogP contribution in [0.4, 0.5) is 5.95 Å². The minimum Gasteiger partial charge on any atom is -0.481 e. The molecule has 1 aliphatic carbocycles. The molecule has 1 aromatic carbocycles. The molecule has 11 heteroatoms. The number of anilines is 1. The fraction of sp³-hybridized carbons (Fsp3) is 0.318.